The third kappa shape index (κ3) is 5.43. The first-order valence-electron chi connectivity index (χ1n) is 8.14. The van der Waals surface area contributed by atoms with Gasteiger partial charge in [0.25, 0.3) is 0 Å². The number of unbranched alkanes of at least 4 members (excludes halogenated alkanes) is 1. The second-order valence-corrected chi connectivity index (χ2v) is 6.33. The van der Waals surface area contributed by atoms with Crippen LogP contribution in [0.3, 0.4) is 0 Å². The number of urea groups is 1. The lowest BCUT2D eigenvalue weighted by Crippen LogP contribution is -2.36. The van der Waals surface area contributed by atoms with E-state index in [2.05, 4.69) is 5.32 Å². The molecule has 2 rings (SSSR count). The van der Waals surface area contributed by atoms with Crippen molar-refractivity contribution in [2.45, 2.75) is 44.6 Å². The maximum absolute atomic E-state index is 12.4. The normalized spacial score (nSPS) is 17.3. The average molecular weight is 338 g/mol. The highest BCUT2D eigenvalue weighted by Crippen LogP contribution is 2.25. The smallest absolute Gasteiger partial charge is 0.312 e. The molecule has 1 aliphatic heterocycles. The van der Waals surface area contributed by atoms with Gasteiger partial charge in [0.15, 0.2) is 0 Å². The molecule has 1 atom stereocenters. The zero-order chi connectivity index (χ0) is 16.7. The number of hydrogen-bond donors (Lipinski definition) is 2. The van der Waals surface area contributed by atoms with Crippen LogP contribution in [0.25, 0.3) is 0 Å². The fraction of sp³-hybridized carbons (Fsp3) is 0.529. The van der Waals surface area contributed by atoms with Crippen molar-refractivity contribution >= 4 is 23.5 Å². The molecule has 23 heavy (non-hydrogen) atoms. The SMILES string of the molecule is NC(=O)NCCCCC(=O)N1CCCC1Cc1ccccc1Cl. The Morgan fingerprint density at radius 2 is 2.09 bits per heavy atom. The molecule has 126 valence electrons. The highest BCUT2D eigenvalue weighted by atomic mass is 35.5. The van der Waals surface area contributed by atoms with Gasteiger partial charge in [-0.1, -0.05) is 29.8 Å². The van der Waals surface area contributed by atoms with Crippen LogP contribution in [0, 0.1) is 0 Å². The first-order valence-corrected chi connectivity index (χ1v) is 8.52. The lowest BCUT2D eigenvalue weighted by molar-refractivity contribution is -0.132. The molecular weight excluding hydrogens is 314 g/mol. The van der Waals surface area contributed by atoms with Gasteiger partial charge in [-0.05, 0) is 43.7 Å². The van der Waals surface area contributed by atoms with E-state index in [0.717, 1.165) is 49.2 Å². The molecule has 0 radical (unpaired) electrons. The van der Waals surface area contributed by atoms with Gasteiger partial charge in [0.05, 0.1) is 0 Å². The van der Waals surface area contributed by atoms with Crippen molar-refractivity contribution in [1.29, 1.82) is 0 Å². The number of carbonyl (C=O) groups is 2. The first kappa shape index (κ1) is 17.6. The van der Waals surface area contributed by atoms with Crippen LogP contribution in [-0.2, 0) is 11.2 Å². The molecule has 0 saturated carbocycles. The maximum Gasteiger partial charge on any atom is 0.312 e. The summed E-state index contributed by atoms with van der Waals surface area (Å²) in [5.74, 6) is 0.193. The zero-order valence-corrected chi connectivity index (χ0v) is 14.0. The highest BCUT2D eigenvalue weighted by Gasteiger charge is 2.28. The van der Waals surface area contributed by atoms with Crippen LogP contribution in [0.4, 0.5) is 4.79 Å². The van der Waals surface area contributed by atoms with Gasteiger partial charge in [-0.15, -0.1) is 0 Å². The number of primary amides is 1. The van der Waals surface area contributed by atoms with E-state index in [1.165, 1.54) is 0 Å². The van der Waals surface area contributed by atoms with Gasteiger partial charge in [-0.3, -0.25) is 4.79 Å². The summed E-state index contributed by atoms with van der Waals surface area (Å²) in [6.07, 6.45) is 4.92. The quantitative estimate of drug-likeness (QED) is 0.750. The van der Waals surface area contributed by atoms with Crippen LogP contribution < -0.4 is 11.1 Å². The topological polar surface area (TPSA) is 75.4 Å². The van der Waals surface area contributed by atoms with E-state index >= 15 is 0 Å². The molecule has 5 nitrogen and oxygen atoms in total. The van der Waals surface area contributed by atoms with E-state index in [9.17, 15) is 9.59 Å². The molecule has 0 spiro atoms. The van der Waals surface area contributed by atoms with E-state index in [0.29, 0.717) is 13.0 Å². The van der Waals surface area contributed by atoms with E-state index < -0.39 is 6.03 Å². The Balaban J connectivity index is 1.80. The summed E-state index contributed by atoms with van der Waals surface area (Å²) in [4.78, 5) is 25.0. The van der Waals surface area contributed by atoms with Gasteiger partial charge in [0, 0.05) is 30.6 Å². The van der Waals surface area contributed by atoms with Crippen molar-refractivity contribution < 1.29 is 9.59 Å². The van der Waals surface area contributed by atoms with Crippen LogP contribution in [0.1, 0.15) is 37.7 Å². The van der Waals surface area contributed by atoms with Gasteiger partial charge in [0.1, 0.15) is 0 Å². The van der Waals surface area contributed by atoms with Gasteiger partial charge < -0.3 is 16.0 Å². The summed E-state index contributed by atoms with van der Waals surface area (Å²) in [5.41, 5.74) is 6.10. The molecule has 1 fully saturated rings. The second-order valence-electron chi connectivity index (χ2n) is 5.93. The van der Waals surface area contributed by atoms with Gasteiger partial charge in [0.2, 0.25) is 5.91 Å². The van der Waals surface area contributed by atoms with Crippen molar-refractivity contribution in [1.82, 2.24) is 10.2 Å². The van der Waals surface area contributed by atoms with Crippen molar-refractivity contribution in [2.75, 3.05) is 13.1 Å². The monoisotopic (exact) mass is 337 g/mol. The number of nitrogens with two attached hydrogens (primary N) is 1. The van der Waals surface area contributed by atoms with Crippen LogP contribution in [0.5, 0.6) is 0 Å². The van der Waals surface area contributed by atoms with E-state index in [1.807, 2.05) is 29.2 Å². The fourth-order valence-electron chi connectivity index (χ4n) is 3.05. The second kappa shape index (κ2) is 8.77. The summed E-state index contributed by atoms with van der Waals surface area (Å²) >= 11 is 6.23. The minimum Gasteiger partial charge on any atom is -0.352 e. The third-order valence-electron chi connectivity index (χ3n) is 4.23. The highest BCUT2D eigenvalue weighted by molar-refractivity contribution is 6.31. The summed E-state index contributed by atoms with van der Waals surface area (Å²) in [6.45, 7) is 1.35. The zero-order valence-electron chi connectivity index (χ0n) is 13.3. The van der Waals surface area contributed by atoms with Gasteiger partial charge in [-0.2, -0.15) is 0 Å². The molecule has 0 aromatic heterocycles. The molecule has 3 N–H and O–H groups in total. The maximum atomic E-state index is 12.4. The van der Waals surface area contributed by atoms with Crippen LogP contribution in [0.15, 0.2) is 24.3 Å². The van der Waals surface area contributed by atoms with Crippen molar-refractivity contribution in [2.24, 2.45) is 5.73 Å². The largest absolute Gasteiger partial charge is 0.352 e. The molecular formula is C17H24ClN3O2. The summed E-state index contributed by atoms with van der Waals surface area (Å²) in [6, 6.07) is 7.54. The molecule has 0 aliphatic carbocycles. The predicted molar refractivity (Wildman–Crippen MR) is 91.3 cm³/mol. The van der Waals surface area contributed by atoms with E-state index in [1.54, 1.807) is 0 Å². The average Bonchev–Trinajstić information content (AvgIpc) is 2.97. The molecule has 1 saturated heterocycles. The Hall–Kier alpha value is -1.75. The standard InChI is InChI=1S/C17H24ClN3O2/c18-15-8-2-1-6-13(15)12-14-7-5-11-21(14)16(22)9-3-4-10-20-17(19)23/h1-2,6,8,14H,3-5,7,9-12H2,(H3,19,20,23). The van der Waals surface area contributed by atoms with E-state index in [4.69, 9.17) is 17.3 Å². The van der Waals surface area contributed by atoms with E-state index in [-0.39, 0.29) is 11.9 Å². The Kier molecular flexibility index (Phi) is 6.71. The number of rotatable bonds is 7. The Morgan fingerprint density at radius 3 is 2.83 bits per heavy atom. The molecule has 1 heterocycles. The van der Waals surface area contributed by atoms with Crippen LogP contribution in [-0.4, -0.2) is 36.0 Å². The number of nitrogens with one attached hydrogen (secondary N) is 1. The molecule has 1 aromatic rings. The Bertz CT molecular complexity index is 550. The van der Waals surface area contributed by atoms with Crippen LogP contribution >= 0.6 is 11.6 Å². The molecule has 1 aromatic carbocycles. The number of likely N-dealkylation sites (tertiary alicyclic amines) is 1. The molecule has 0 bridgehead atoms. The number of amides is 3. The van der Waals surface area contributed by atoms with Crippen molar-refractivity contribution in [3.8, 4) is 0 Å². The molecule has 1 unspecified atom stereocenters. The number of halogens is 1. The Morgan fingerprint density at radius 1 is 1.30 bits per heavy atom. The predicted octanol–water partition coefficient (Wildman–Crippen LogP) is 2.71. The van der Waals surface area contributed by atoms with Crippen molar-refractivity contribution in [3.63, 3.8) is 0 Å². The Labute approximate surface area is 142 Å². The molecule has 6 heteroatoms. The number of benzene rings is 1. The van der Waals surface area contributed by atoms with Gasteiger partial charge >= 0.3 is 6.03 Å². The number of carbonyl (C=O) groups excluding carboxylic acids is 2. The summed E-state index contributed by atoms with van der Waals surface area (Å²) in [5, 5.41) is 3.30. The lowest BCUT2D eigenvalue weighted by Gasteiger charge is -2.25. The minimum atomic E-state index is -0.518. The summed E-state index contributed by atoms with van der Waals surface area (Å²) < 4.78 is 0. The molecule has 1 aliphatic rings. The first-order chi connectivity index (χ1) is 11.1. The summed E-state index contributed by atoms with van der Waals surface area (Å²) in [7, 11) is 0. The lowest BCUT2D eigenvalue weighted by atomic mass is 10.0. The fourth-order valence-corrected chi connectivity index (χ4v) is 3.26. The third-order valence-corrected chi connectivity index (χ3v) is 4.60. The van der Waals surface area contributed by atoms with Gasteiger partial charge in [-0.25, -0.2) is 4.79 Å². The van der Waals surface area contributed by atoms with Crippen molar-refractivity contribution in [3.05, 3.63) is 34.9 Å². The minimum absolute atomic E-state index is 0.193. The van der Waals surface area contributed by atoms with Crippen LogP contribution in [0.2, 0.25) is 5.02 Å². The number of hydrogen-bond acceptors (Lipinski definition) is 2. The molecule has 3 amide bonds. The number of nitrogens with zero attached hydrogens (tertiary/aromatic N) is 1.